The summed E-state index contributed by atoms with van der Waals surface area (Å²) in [6, 6.07) is 4.07. The van der Waals surface area contributed by atoms with E-state index in [-0.39, 0.29) is 17.9 Å². The number of ether oxygens (including phenoxy) is 1. The predicted molar refractivity (Wildman–Crippen MR) is 77.9 cm³/mol. The molecule has 0 fully saturated rings. The fraction of sp³-hybridized carbons (Fsp3) is 0.267. The minimum absolute atomic E-state index is 0.0309. The number of benzene rings is 1. The number of carbonyl (C=O) groups is 1. The average Bonchev–Trinajstić information content (AvgIpc) is 2.46. The lowest BCUT2D eigenvalue weighted by atomic mass is 10.3. The summed E-state index contributed by atoms with van der Waals surface area (Å²) in [5.74, 6) is -1.94. The number of aryl methyl sites for hydroxylation is 1. The van der Waals surface area contributed by atoms with Crippen LogP contribution in [-0.4, -0.2) is 22.0 Å². The van der Waals surface area contributed by atoms with Gasteiger partial charge in [-0.1, -0.05) is 0 Å². The third-order valence-electron chi connectivity index (χ3n) is 2.92. The highest BCUT2D eigenvalue weighted by Crippen LogP contribution is 2.18. The summed E-state index contributed by atoms with van der Waals surface area (Å²) in [6.45, 7) is 3.08. The molecule has 0 aliphatic carbocycles. The molecule has 2 rings (SSSR count). The van der Waals surface area contributed by atoms with Crippen LogP contribution in [0.25, 0.3) is 0 Å². The van der Waals surface area contributed by atoms with Crippen LogP contribution in [0.2, 0.25) is 0 Å². The van der Waals surface area contributed by atoms with Crippen LogP contribution in [0.5, 0.6) is 5.75 Å². The Kier molecular flexibility index (Phi) is 5.05. The maximum absolute atomic E-state index is 13.5. The van der Waals surface area contributed by atoms with E-state index in [0.717, 1.165) is 12.1 Å². The molecule has 1 heterocycles. The van der Waals surface area contributed by atoms with E-state index in [1.807, 2.05) is 0 Å². The number of nitrogens with zero attached hydrogens (tertiary/aromatic N) is 1. The predicted octanol–water partition coefficient (Wildman–Crippen LogP) is 1.44. The smallest absolute Gasteiger partial charge is 0.261 e. The Morgan fingerprint density at radius 1 is 1.39 bits per heavy atom. The molecule has 0 radical (unpaired) electrons. The van der Waals surface area contributed by atoms with Crippen molar-refractivity contribution in [2.24, 2.45) is 0 Å². The number of hydrogen-bond acceptors (Lipinski definition) is 4. The molecule has 6 nitrogen and oxygen atoms in total. The molecule has 8 heteroatoms. The topological polar surface area (TPSA) is 84.1 Å². The number of hydrogen-bond donors (Lipinski definition) is 2. The van der Waals surface area contributed by atoms with Gasteiger partial charge in [0.25, 0.3) is 11.5 Å². The van der Waals surface area contributed by atoms with Crippen LogP contribution in [-0.2, 0) is 11.3 Å². The zero-order valence-corrected chi connectivity index (χ0v) is 12.5. The maximum Gasteiger partial charge on any atom is 0.261 e. The lowest BCUT2D eigenvalue weighted by molar-refractivity contribution is -0.127. The highest BCUT2D eigenvalue weighted by Gasteiger charge is 2.17. The summed E-state index contributed by atoms with van der Waals surface area (Å²) in [7, 11) is 0. The van der Waals surface area contributed by atoms with Gasteiger partial charge in [-0.15, -0.1) is 0 Å². The Morgan fingerprint density at radius 2 is 2.13 bits per heavy atom. The molecule has 0 spiro atoms. The molecule has 2 aromatic rings. The van der Waals surface area contributed by atoms with Crippen molar-refractivity contribution >= 4 is 5.91 Å². The molecular weight excluding hydrogens is 308 g/mol. The van der Waals surface area contributed by atoms with Crippen molar-refractivity contribution < 1.29 is 18.3 Å². The summed E-state index contributed by atoms with van der Waals surface area (Å²) in [4.78, 5) is 29.8. The summed E-state index contributed by atoms with van der Waals surface area (Å²) >= 11 is 0. The first-order chi connectivity index (χ1) is 10.8. The lowest BCUT2D eigenvalue weighted by Crippen LogP contribution is -2.36. The van der Waals surface area contributed by atoms with E-state index in [0.29, 0.717) is 17.6 Å². The first kappa shape index (κ1) is 16.6. The maximum atomic E-state index is 13.5. The highest BCUT2D eigenvalue weighted by molar-refractivity contribution is 5.80. The van der Waals surface area contributed by atoms with E-state index in [9.17, 15) is 18.4 Å². The quantitative estimate of drug-likeness (QED) is 0.872. The van der Waals surface area contributed by atoms with E-state index in [1.54, 1.807) is 6.92 Å². The van der Waals surface area contributed by atoms with Gasteiger partial charge in [-0.05, 0) is 26.0 Å². The van der Waals surface area contributed by atoms with Crippen LogP contribution in [0.15, 0.2) is 29.1 Å². The van der Waals surface area contributed by atoms with E-state index in [1.165, 1.54) is 13.0 Å². The second-order valence-corrected chi connectivity index (χ2v) is 4.87. The number of amides is 1. The molecule has 2 N–H and O–H groups in total. The number of nitrogens with one attached hydrogen (secondary N) is 2. The van der Waals surface area contributed by atoms with Gasteiger partial charge in [0.2, 0.25) is 0 Å². The third kappa shape index (κ3) is 4.60. The SMILES string of the molecule is Cc1nc(CNC(=O)C(C)Oc2ccc(F)cc2F)cc(=O)[nH]1. The number of rotatable bonds is 5. The van der Waals surface area contributed by atoms with Crippen LogP contribution >= 0.6 is 0 Å². The Hall–Kier alpha value is -2.77. The Labute approximate surface area is 130 Å². The monoisotopic (exact) mass is 323 g/mol. The first-order valence-corrected chi connectivity index (χ1v) is 6.81. The molecule has 1 amide bonds. The molecule has 1 aromatic heterocycles. The second-order valence-electron chi connectivity index (χ2n) is 4.87. The molecule has 122 valence electrons. The number of aromatic amines is 1. The van der Waals surface area contributed by atoms with Gasteiger partial charge in [0.1, 0.15) is 11.6 Å². The molecular formula is C15H15F2N3O3. The Morgan fingerprint density at radius 3 is 2.78 bits per heavy atom. The molecule has 1 aromatic carbocycles. The Balaban J connectivity index is 1.95. The van der Waals surface area contributed by atoms with Gasteiger partial charge < -0.3 is 15.0 Å². The molecule has 1 unspecified atom stereocenters. The van der Waals surface area contributed by atoms with Crippen molar-refractivity contribution in [2.45, 2.75) is 26.5 Å². The standard InChI is InChI=1S/C15H15F2N3O3/c1-8(23-13-4-3-10(16)5-12(13)17)15(22)18-7-11-6-14(21)20-9(2)19-11/h3-6,8H,7H2,1-2H3,(H,18,22)(H,19,20,21). The summed E-state index contributed by atoms with van der Waals surface area (Å²) in [6.07, 6.45) is -1.00. The van der Waals surface area contributed by atoms with Crippen LogP contribution in [0, 0.1) is 18.6 Å². The van der Waals surface area contributed by atoms with Crippen molar-refractivity contribution in [3.05, 3.63) is 57.8 Å². The number of aromatic nitrogens is 2. The van der Waals surface area contributed by atoms with Crippen molar-refractivity contribution in [1.82, 2.24) is 15.3 Å². The Bertz CT molecular complexity index is 777. The minimum atomic E-state index is -1.00. The molecule has 0 saturated carbocycles. The van der Waals surface area contributed by atoms with Gasteiger partial charge in [0, 0.05) is 12.1 Å². The van der Waals surface area contributed by atoms with Gasteiger partial charge in [-0.3, -0.25) is 9.59 Å². The molecule has 0 aliphatic heterocycles. The van der Waals surface area contributed by atoms with E-state index < -0.39 is 23.6 Å². The summed E-state index contributed by atoms with van der Waals surface area (Å²) in [5, 5.41) is 2.53. The normalized spacial score (nSPS) is 11.8. The highest BCUT2D eigenvalue weighted by atomic mass is 19.1. The van der Waals surface area contributed by atoms with Crippen LogP contribution < -0.4 is 15.6 Å². The van der Waals surface area contributed by atoms with Crippen LogP contribution in [0.3, 0.4) is 0 Å². The van der Waals surface area contributed by atoms with Gasteiger partial charge in [0.15, 0.2) is 17.7 Å². The fourth-order valence-electron chi connectivity index (χ4n) is 1.87. The van der Waals surface area contributed by atoms with E-state index >= 15 is 0 Å². The number of carbonyl (C=O) groups excluding carboxylic acids is 1. The largest absolute Gasteiger partial charge is 0.478 e. The molecule has 1 atom stereocenters. The fourth-order valence-corrected chi connectivity index (χ4v) is 1.87. The third-order valence-corrected chi connectivity index (χ3v) is 2.92. The average molecular weight is 323 g/mol. The van der Waals surface area contributed by atoms with Crippen molar-refractivity contribution in [1.29, 1.82) is 0 Å². The number of H-pyrrole nitrogens is 1. The molecule has 23 heavy (non-hydrogen) atoms. The van der Waals surface area contributed by atoms with E-state index in [4.69, 9.17) is 4.74 Å². The van der Waals surface area contributed by atoms with Gasteiger partial charge in [0.05, 0.1) is 12.2 Å². The van der Waals surface area contributed by atoms with Crippen molar-refractivity contribution in [3.63, 3.8) is 0 Å². The van der Waals surface area contributed by atoms with Crippen LogP contribution in [0.1, 0.15) is 18.4 Å². The van der Waals surface area contributed by atoms with Gasteiger partial charge in [-0.2, -0.15) is 0 Å². The van der Waals surface area contributed by atoms with Crippen molar-refractivity contribution in [2.75, 3.05) is 0 Å². The van der Waals surface area contributed by atoms with Crippen molar-refractivity contribution in [3.8, 4) is 5.75 Å². The van der Waals surface area contributed by atoms with Gasteiger partial charge in [-0.25, -0.2) is 13.8 Å². The van der Waals surface area contributed by atoms with E-state index in [2.05, 4.69) is 15.3 Å². The minimum Gasteiger partial charge on any atom is -0.478 e. The van der Waals surface area contributed by atoms with Crippen LogP contribution in [0.4, 0.5) is 8.78 Å². The summed E-state index contributed by atoms with van der Waals surface area (Å²) in [5.41, 5.74) is 0.0687. The molecule has 0 aliphatic rings. The summed E-state index contributed by atoms with van der Waals surface area (Å²) < 4.78 is 31.4. The molecule has 0 bridgehead atoms. The lowest BCUT2D eigenvalue weighted by Gasteiger charge is -2.15. The zero-order chi connectivity index (χ0) is 17.0. The second kappa shape index (κ2) is 6.99. The van der Waals surface area contributed by atoms with Gasteiger partial charge >= 0.3 is 0 Å². The number of halogens is 2. The zero-order valence-electron chi connectivity index (χ0n) is 12.5. The first-order valence-electron chi connectivity index (χ1n) is 6.81. The molecule has 0 saturated heterocycles.